The van der Waals surface area contributed by atoms with Gasteiger partial charge in [0.25, 0.3) is 0 Å². The smallest absolute Gasteiger partial charge is 0.160 e. The molecule has 4 nitrogen and oxygen atoms in total. The Bertz CT molecular complexity index is 3240. The molecule has 0 saturated heterocycles. The fourth-order valence-electron chi connectivity index (χ4n) is 7.86. The summed E-state index contributed by atoms with van der Waals surface area (Å²) < 4.78 is 9.27. The molecular formula is C51H31N3OS. The summed E-state index contributed by atoms with van der Waals surface area (Å²) >= 11 is 1.84. The molecule has 0 unspecified atom stereocenters. The Morgan fingerprint density at radius 1 is 0.411 bits per heavy atom. The number of thiophene rings is 1. The second-order valence-corrected chi connectivity index (χ2v) is 15.1. The van der Waals surface area contributed by atoms with Crippen molar-refractivity contribution >= 4 is 53.4 Å². The molecule has 0 bridgehead atoms. The topological polar surface area (TPSA) is 51.8 Å². The number of hydrogen-bond donors (Lipinski definition) is 0. The van der Waals surface area contributed by atoms with E-state index in [1.807, 2.05) is 47.9 Å². The first-order chi connectivity index (χ1) is 27.7. The van der Waals surface area contributed by atoms with Crippen LogP contribution in [0.2, 0.25) is 0 Å². The van der Waals surface area contributed by atoms with Crippen molar-refractivity contribution in [1.29, 1.82) is 0 Å². The third-order valence-corrected chi connectivity index (χ3v) is 11.8. The van der Waals surface area contributed by atoms with Crippen molar-refractivity contribution in [2.45, 2.75) is 0 Å². The van der Waals surface area contributed by atoms with Crippen LogP contribution in [0.25, 0.3) is 109 Å². The van der Waals surface area contributed by atoms with Crippen molar-refractivity contribution in [2.75, 3.05) is 0 Å². The molecule has 0 atom stereocenters. The van der Waals surface area contributed by atoms with E-state index in [-0.39, 0.29) is 0 Å². The molecule has 56 heavy (non-hydrogen) atoms. The standard InChI is InChI=1S/C51H31N3OS/c1-2-10-34(11-3-1)51-53-44(30-45(54-51)37-13-8-12-35(28-37)38-14-9-27-52-31-38)33-21-19-32(20-22-33)39-25-26-40(50-49(39)43-16-4-6-17-46(43)55-50)36-23-24-42-41-15-5-7-18-47(41)56-48(42)29-36/h1-31H. The first kappa shape index (κ1) is 32.2. The fourth-order valence-corrected chi connectivity index (χ4v) is 9.01. The van der Waals surface area contributed by atoms with Gasteiger partial charge in [-0.2, -0.15) is 0 Å². The van der Waals surface area contributed by atoms with Gasteiger partial charge < -0.3 is 4.42 Å². The number of furan rings is 1. The molecule has 11 aromatic rings. The van der Waals surface area contributed by atoms with Gasteiger partial charge in [-0.05, 0) is 64.7 Å². The molecule has 262 valence electrons. The molecule has 4 aromatic heterocycles. The van der Waals surface area contributed by atoms with Crippen LogP contribution < -0.4 is 0 Å². The van der Waals surface area contributed by atoms with Gasteiger partial charge in [-0.1, -0.05) is 133 Å². The van der Waals surface area contributed by atoms with Crippen molar-refractivity contribution in [3.8, 4) is 67.3 Å². The molecular weight excluding hydrogens is 703 g/mol. The molecule has 0 N–H and O–H groups in total. The molecule has 0 aliphatic carbocycles. The fraction of sp³-hybridized carbons (Fsp3) is 0. The Morgan fingerprint density at radius 2 is 1.09 bits per heavy atom. The lowest BCUT2D eigenvalue weighted by molar-refractivity contribution is 0.670. The van der Waals surface area contributed by atoms with Gasteiger partial charge >= 0.3 is 0 Å². The maximum absolute atomic E-state index is 6.69. The van der Waals surface area contributed by atoms with Crippen molar-refractivity contribution in [2.24, 2.45) is 0 Å². The Labute approximate surface area is 327 Å². The summed E-state index contributed by atoms with van der Waals surface area (Å²) in [7, 11) is 0. The van der Waals surface area contributed by atoms with Gasteiger partial charge in [-0.25, -0.2) is 9.97 Å². The van der Waals surface area contributed by atoms with E-state index < -0.39 is 0 Å². The highest BCUT2D eigenvalue weighted by molar-refractivity contribution is 7.25. The van der Waals surface area contributed by atoms with E-state index in [0.717, 1.165) is 83.4 Å². The molecule has 0 saturated carbocycles. The molecule has 0 aliphatic heterocycles. The largest absolute Gasteiger partial charge is 0.455 e. The Morgan fingerprint density at radius 3 is 1.95 bits per heavy atom. The van der Waals surface area contributed by atoms with Gasteiger partial charge in [0.2, 0.25) is 0 Å². The highest BCUT2D eigenvalue weighted by atomic mass is 32.1. The number of rotatable bonds is 6. The number of benzene rings is 7. The van der Waals surface area contributed by atoms with Crippen molar-refractivity contribution in [3.63, 3.8) is 0 Å². The molecule has 7 aromatic carbocycles. The molecule has 5 heteroatoms. The maximum Gasteiger partial charge on any atom is 0.160 e. The molecule has 0 spiro atoms. The molecule has 0 fully saturated rings. The van der Waals surface area contributed by atoms with Crippen LogP contribution >= 0.6 is 11.3 Å². The molecule has 4 heterocycles. The van der Waals surface area contributed by atoms with Crippen LogP contribution in [0.1, 0.15) is 0 Å². The Balaban J connectivity index is 1.02. The van der Waals surface area contributed by atoms with Crippen molar-refractivity contribution in [1.82, 2.24) is 15.0 Å². The summed E-state index contributed by atoms with van der Waals surface area (Å²) in [5.41, 5.74) is 13.1. The number of nitrogens with zero attached hydrogens (tertiary/aromatic N) is 3. The van der Waals surface area contributed by atoms with E-state index in [9.17, 15) is 0 Å². The second kappa shape index (κ2) is 13.3. The van der Waals surface area contributed by atoms with E-state index in [0.29, 0.717) is 5.82 Å². The summed E-state index contributed by atoms with van der Waals surface area (Å²) in [6.07, 6.45) is 3.69. The van der Waals surface area contributed by atoms with Crippen LogP contribution in [-0.4, -0.2) is 15.0 Å². The number of para-hydroxylation sites is 1. The van der Waals surface area contributed by atoms with Gasteiger partial charge in [0.1, 0.15) is 11.2 Å². The zero-order valence-electron chi connectivity index (χ0n) is 30.1. The summed E-state index contributed by atoms with van der Waals surface area (Å²) in [6, 6.07) is 61.7. The summed E-state index contributed by atoms with van der Waals surface area (Å²) in [5, 5.41) is 4.81. The van der Waals surface area contributed by atoms with Gasteiger partial charge in [-0.3, -0.25) is 4.98 Å². The minimum absolute atomic E-state index is 0.685. The van der Waals surface area contributed by atoms with E-state index in [4.69, 9.17) is 14.4 Å². The summed E-state index contributed by atoms with van der Waals surface area (Å²) in [6.45, 7) is 0. The van der Waals surface area contributed by atoms with E-state index in [1.165, 1.54) is 20.2 Å². The molecule has 0 amide bonds. The average Bonchev–Trinajstić information content (AvgIpc) is 3.85. The first-order valence-corrected chi connectivity index (χ1v) is 19.5. The SMILES string of the molecule is c1ccc(-c2nc(-c3ccc(-c4ccc(-c5ccc6c(c5)sc5ccccc56)c5oc6ccccc6c45)cc3)cc(-c3cccc(-c4cccnc4)c3)n2)cc1. The third kappa shape index (κ3) is 5.56. The number of fused-ring (bicyclic) bond motifs is 6. The number of hydrogen-bond acceptors (Lipinski definition) is 5. The summed E-state index contributed by atoms with van der Waals surface area (Å²) in [4.78, 5) is 14.5. The molecule has 0 radical (unpaired) electrons. The second-order valence-electron chi connectivity index (χ2n) is 14.0. The van der Waals surface area contributed by atoms with Crippen LogP contribution in [0, 0.1) is 0 Å². The lowest BCUT2D eigenvalue weighted by atomic mass is 9.93. The Kier molecular flexibility index (Phi) is 7.64. The lowest BCUT2D eigenvalue weighted by Gasteiger charge is -2.12. The van der Waals surface area contributed by atoms with E-state index in [1.54, 1.807) is 6.20 Å². The van der Waals surface area contributed by atoms with Crippen LogP contribution in [-0.2, 0) is 0 Å². The number of aromatic nitrogens is 3. The normalized spacial score (nSPS) is 11.6. The number of pyridine rings is 1. The van der Waals surface area contributed by atoms with Gasteiger partial charge in [0, 0.05) is 71.2 Å². The monoisotopic (exact) mass is 733 g/mol. The third-order valence-electron chi connectivity index (χ3n) is 10.6. The van der Waals surface area contributed by atoms with Crippen LogP contribution in [0.3, 0.4) is 0 Å². The predicted molar refractivity (Wildman–Crippen MR) is 233 cm³/mol. The minimum Gasteiger partial charge on any atom is -0.455 e. The Hall–Kier alpha value is -7.21. The zero-order chi connectivity index (χ0) is 37.0. The quantitative estimate of drug-likeness (QED) is 0.171. The maximum atomic E-state index is 6.69. The van der Waals surface area contributed by atoms with E-state index in [2.05, 4.69) is 151 Å². The van der Waals surface area contributed by atoms with Crippen molar-refractivity contribution < 1.29 is 4.42 Å². The lowest BCUT2D eigenvalue weighted by Crippen LogP contribution is -1.96. The first-order valence-electron chi connectivity index (χ1n) is 18.7. The average molecular weight is 734 g/mol. The highest BCUT2D eigenvalue weighted by Gasteiger charge is 2.19. The van der Waals surface area contributed by atoms with Crippen molar-refractivity contribution in [3.05, 3.63) is 188 Å². The molecule has 11 rings (SSSR count). The van der Waals surface area contributed by atoms with Crippen LogP contribution in [0.5, 0.6) is 0 Å². The van der Waals surface area contributed by atoms with E-state index >= 15 is 0 Å². The van der Waals surface area contributed by atoms with Crippen LogP contribution in [0.4, 0.5) is 0 Å². The predicted octanol–water partition coefficient (Wildman–Crippen LogP) is 14.1. The van der Waals surface area contributed by atoms with Gasteiger partial charge in [0.05, 0.1) is 11.4 Å². The zero-order valence-corrected chi connectivity index (χ0v) is 30.9. The highest BCUT2D eigenvalue weighted by Crippen LogP contribution is 2.44. The van der Waals surface area contributed by atoms with Crippen LogP contribution in [0.15, 0.2) is 193 Å². The minimum atomic E-state index is 0.685. The van der Waals surface area contributed by atoms with Gasteiger partial charge in [0.15, 0.2) is 5.82 Å². The summed E-state index contributed by atoms with van der Waals surface area (Å²) in [5.74, 6) is 0.685. The molecule has 0 aliphatic rings. The van der Waals surface area contributed by atoms with Gasteiger partial charge in [-0.15, -0.1) is 11.3 Å².